The Balaban J connectivity index is 1.41. The number of alkyl halides is 1. The fourth-order valence-electron chi connectivity index (χ4n) is 6.15. The van der Waals surface area contributed by atoms with Gasteiger partial charge in [0.15, 0.2) is 0 Å². The van der Waals surface area contributed by atoms with Gasteiger partial charge in [0.2, 0.25) is 0 Å². The molecule has 4 heterocycles. The Morgan fingerprint density at radius 1 is 1.07 bits per heavy atom. The van der Waals surface area contributed by atoms with Gasteiger partial charge < -0.3 is 10.1 Å². The lowest BCUT2D eigenvalue weighted by Gasteiger charge is -2.46. The molecule has 0 radical (unpaired) electrons. The number of nitrogens with one attached hydrogen (secondary N) is 3. The predicted molar refractivity (Wildman–Crippen MR) is 103 cm³/mol. The summed E-state index contributed by atoms with van der Waals surface area (Å²) in [5, 5.41) is 10.1. The average molecular weight is 382 g/mol. The molecular weight excluding hydrogens is 345 g/mol. The zero-order valence-electron chi connectivity index (χ0n) is 16.6. The summed E-state index contributed by atoms with van der Waals surface area (Å²) in [7, 11) is 0. The Labute approximate surface area is 162 Å². The second kappa shape index (κ2) is 7.84. The third-order valence-electron chi connectivity index (χ3n) is 7.57. The number of rotatable bonds is 0. The maximum atomic E-state index is 14.4. The molecule has 6 unspecified atom stereocenters. The average Bonchev–Trinajstić information content (AvgIpc) is 3.31. The molecule has 5 aliphatic rings. The van der Waals surface area contributed by atoms with Crippen LogP contribution >= 0.6 is 0 Å². The van der Waals surface area contributed by atoms with Gasteiger partial charge >= 0.3 is 0 Å². The molecule has 27 heavy (non-hydrogen) atoms. The molecular formula is C20H36FN5O. The van der Waals surface area contributed by atoms with Crippen LogP contribution in [0.5, 0.6) is 0 Å². The standard InChI is InChI=1S/C20H36FN5O/c1-13-10-22-16-11-23-26-8-6-19(24-20(16)26)25-7-2-3-17(25)15-9-14(21)4-5-18(15)27-12-13/h13-20,22-24H,2-12H2,1H3/t13-,14?,15?,16?,17+,18?,19?,20?/m1/s1. The minimum atomic E-state index is -0.648. The summed E-state index contributed by atoms with van der Waals surface area (Å²) in [5.41, 5.74) is 3.56. The quantitative estimate of drug-likeness (QED) is 0.583. The monoisotopic (exact) mass is 381 g/mol. The van der Waals surface area contributed by atoms with Gasteiger partial charge in [-0.1, -0.05) is 6.92 Å². The summed E-state index contributed by atoms with van der Waals surface area (Å²) >= 11 is 0. The van der Waals surface area contributed by atoms with E-state index in [1.807, 2.05) is 0 Å². The summed E-state index contributed by atoms with van der Waals surface area (Å²) in [4.78, 5) is 2.67. The number of hydrazine groups is 1. The largest absolute Gasteiger partial charge is 0.378 e. The molecule has 3 N–H and O–H groups in total. The SMILES string of the molecule is C[C@@H]1CNC2CNN3CCC(NC23)N2CCC[C@H]2C2CC(F)CCC2OC1. The van der Waals surface area contributed by atoms with Gasteiger partial charge in [-0.25, -0.2) is 9.40 Å². The molecule has 0 aromatic rings. The topological polar surface area (TPSA) is 51.8 Å². The van der Waals surface area contributed by atoms with Crippen LogP contribution in [0.3, 0.4) is 0 Å². The number of fused-ring (bicyclic) bond motifs is 5. The van der Waals surface area contributed by atoms with Crippen molar-refractivity contribution in [1.82, 2.24) is 26.0 Å². The zero-order valence-corrected chi connectivity index (χ0v) is 16.6. The molecule has 1 saturated carbocycles. The van der Waals surface area contributed by atoms with Crippen molar-refractivity contribution in [3.8, 4) is 0 Å². The first-order chi connectivity index (χ1) is 13.2. The van der Waals surface area contributed by atoms with Crippen molar-refractivity contribution in [1.29, 1.82) is 0 Å². The van der Waals surface area contributed by atoms with Gasteiger partial charge in [0.1, 0.15) is 6.17 Å². The molecule has 5 rings (SSSR count). The molecule has 0 spiro atoms. The van der Waals surface area contributed by atoms with E-state index in [1.54, 1.807) is 0 Å². The molecule has 8 atom stereocenters. The summed E-state index contributed by atoms with van der Waals surface area (Å²) in [6, 6.07) is 0.893. The van der Waals surface area contributed by atoms with E-state index in [0.29, 0.717) is 49.1 Å². The second-order valence-electron chi connectivity index (χ2n) is 9.48. The highest BCUT2D eigenvalue weighted by molar-refractivity contribution is 4.99. The normalized spacial score (nSPS) is 49.6. The number of hydrogen-bond acceptors (Lipinski definition) is 6. The maximum absolute atomic E-state index is 14.4. The van der Waals surface area contributed by atoms with Crippen molar-refractivity contribution in [2.75, 3.05) is 32.8 Å². The molecule has 0 aromatic carbocycles. The molecule has 154 valence electrons. The zero-order chi connectivity index (χ0) is 18.4. The highest BCUT2D eigenvalue weighted by Crippen LogP contribution is 2.39. The molecule has 1 aliphatic carbocycles. The number of ether oxygens (including phenoxy) is 1. The van der Waals surface area contributed by atoms with Crippen molar-refractivity contribution < 1.29 is 9.13 Å². The molecule has 0 amide bonds. The van der Waals surface area contributed by atoms with E-state index in [0.717, 1.165) is 45.6 Å². The van der Waals surface area contributed by atoms with Crippen LogP contribution in [-0.4, -0.2) is 79.4 Å². The van der Waals surface area contributed by atoms with Crippen LogP contribution in [0.1, 0.15) is 45.4 Å². The van der Waals surface area contributed by atoms with Gasteiger partial charge in [-0.15, -0.1) is 0 Å². The molecule has 4 aliphatic heterocycles. The third-order valence-corrected chi connectivity index (χ3v) is 7.57. The van der Waals surface area contributed by atoms with Crippen LogP contribution in [-0.2, 0) is 4.74 Å². The Morgan fingerprint density at radius 2 is 2.00 bits per heavy atom. The first-order valence-electron chi connectivity index (χ1n) is 11.2. The van der Waals surface area contributed by atoms with E-state index in [4.69, 9.17) is 4.74 Å². The van der Waals surface area contributed by atoms with Crippen LogP contribution in [0.15, 0.2) is 0 Å². The highest BCUT2D eigenvalue weighted by atomic mass is 19.1. The van der Waals surface area contributed by atoms with Crippen molar-refractivity contribution in [2.24, 2.45) is 11.8 Å². The van der Waals surface area contributed by atoms with Crippen molar-refractivity contribution in [3.05, 3.63) is 0 Å². The second-order valence-corrected chi connectivity index (χ2v) is 9.48. The number of nitrogens with zero attached hydrogens (tertiary/aromatic N) is 2. The summed E-state index contributed by atoms with van der Waals surface area (Å²) < 4.78 is 20.8. The minimum absolute atomic E-state index is 0.229. The van der Waals surface area contributed by atoms with E-state index in [1.165, 1.54) is 12.8 Å². The fraction of sp³-hybridized carbons (Fsp3) is 1.00. The summed E-state index contributed by atoms with van der Waals surface area (Å²) in [6.45, 7) is 7.22. The van der Waals surface area contributed by atoms with Gasteiger partial charge in [-0.3, -0.25) is 15.6 Å². The minimum Gasteiger partial charge on any atom is -0.378 e. The van der Waals surface area contributed by atoms with Crippen molar-refractivity contribution in [3.63, 3.8) is 0 Å². The van der Waals surface area contributed by atoms with E-state index in [9.17, 15) is 4.39 Å². The van der Waals surface area contributed by atoms with Gasteiger partial charge in [-0.2, -0.15) is 0 Å². The molecule has 2 bridgehead atoms. The van der Waals surface area contributed by atoms with Gasteiger partial charge in [0.05, 0.1) is 31.1 Å². The van der Waals surface area contributed by atoms with Crippen LogP contribution in [0, 0.1) is 11.8 Å². The Hall–Kier alpha value is -0.310. The smallest absolute Gasteiger partial charge is 0.101 e. The molecule has 0 aromatic heterocycles. The van der Waals surface area contributed by atoms with E-state index in [2.05, 4.69) is 32.9 Å². The van der Waals surface area contributed by atoms with Crippen molar-refractivity contribution >= 4 is 0 Å². The molecule has 7 heteroatoms. The Morgan fingerprint density at radius 3 is 2.93 bits per heavy atom. The van der Waals surface area contributed by atoms with E-state index in [-0.39, 0.29) is 6.10 Å². The number of hydrogen-bond donors (Lipinski definition) is 3. The van der Waals surface area contributed by atoms with Gasteiger partial charge in [0, 0.05) is 31.6 Å². The first kappa shape index (κ1) is 18.7. The summed E-state index contributed by atoms with van der Waals surface area (Å²) in [5.74, 6) is 0.817. The molecule has 6 nitrogen and oxygen atoms in total. The van der Waals surface area contributed by atoms with Crippen LogP contribution < -0.4 is 16.1 Å². The maximum Gasteiger partial charge on any atom is 0.101 e. The summed E-state index contributed by atoms with van der Waals surface area (Å²) in [6.07, 6.45) is 6.12. The first-order valence-corrected chi connectivity index (χ1v) is 11.2. The fourth-order valence-corrected chi connectivity index (χ4v) is 6.15. The lowest BCUT2D eigenvalue weighted by Crippen LogP contribution is -2.65. The van der Waals surface area contributed by atoms with Crippen LogP contribution in [0.25, 0.3) is 0 Å². The third kappa shape index (κ3) is 3.67. The van der Waals surface area contributed by atoms with E-state index >= 15 is 0 Å². The lowest BCUT2D eigenvalue weighted by atomic mass is 9.79. The van der Waals surface area contributed by atoms with Gasteiger partial charge in [0.25, 0.3) is 0 Å². The predicted octanol–water partition coefficient (Wildman–Crippen LogP) is 1.05. The number of halogens is 1. The van der Waals surface area contributed by atoms with Crippen molar-refractivity contribution in [2.45, 2.75) is 82.1 Å². The van der Waals surface area contributed by atoms with Gasteiger partial charge in [-0.05, 0) is 51.0 Å². The van der Waals surface area contributed by atoms with Crippen LogP contribution in [0.4, 0.5) is 4.39 Å². The Kier molecular flexibility index (Phi) is 5.43. The highest BCUT2D eigenvalue weighted by Gasteiger charge is 2.46. The molecule has 5 fully saturated rings. The lowest BCUT2D eigenvalue weighted by molar-refractivity contribution is -0.0722. The Bertz CT molecular complexity index is 525. The van der Waals surface area contributed by atoms with Crippen LogP contribution in [0.2, 0.25) is 0 Å². The molecule has 4 saturated heterocycles. The van der Waals surface area contributed by atoms with E-state index < -0.39 is 6.17 Å².